The molecule has 0 aliphatic heterocycles. The Labute approximate surface area is 132 Å². The van der Waals surface area contributed by atoms with Gasteiger partial charge in [0.2, 0.25) is 5.82 Å². The molecule has 0 unspecified atom stereocenters. The Morgan fingerprint density at radius 1 is 1.26 bits per heavy atom. The summed E-state index contributed by atoms with van der Waals surface area (Å²) in [6, 6.07) is 9.39. The van der Waals surface area contributed by atoms with Crippen molar-refractivity contribution in [3.8, 4) is 5.75 Å². The highest BCUT2D eigenvalue weighted by atomic mass is 19.1. The van der Waals surface area contributed by atoms with Crippen LogP contribution in [0.1, 0.15) is 21.5 Å². The van der Waals surface area contributed by atoms with E-state index in [4.69, 9.17) is 4.74 Å². The Morgan fingerprint density at radius 2 is 1.91 bits per heavy atom. The molecule has 0 saturated carbocycles. The second kappa shape index (κ2) is 6.87. The number of nitrogens with zero attached hydrogens (tertiary/aromatic N) is 1. The normalized spacial score (nSPS) is 10.2. The number of carbonyl (C=O) groups excluding carboxylic acids is 1. The number of hydrogen-bond donors (Lipinski definition) is 1. The summed E-state index contributed by atoms with van der Waals surface area (Å²) in [6.07, 6.45) is 0. The molecule has 0 heterocycles. The van der Waals surface area contributed by atoms with Crippen molar-refractivity contribution in [2.45, 2.75) is 13.5 Å². The first kappa shape index (κ1) is 16.4. The van der Waals surface area contributed by atoms with Gasteiger partial charge in [-0.05, 0) is 30.2 Å². The molecule has 0 aliphatic carbocycles. The SMILES string of the molecule is COc1ccc(CNC(=O)c2c(C)ccc([N+](=O)[O-])c2F)cc1. The van der Waals surface area contributed by atoms with Gasteiger partial charge in [0.25, 0.3) is 5.91 Å². The number of methoxy groups -OCH3 is 1. The molecule has 23 heavy (non-hydrogen) atoms. The minimum absolute atomic E-state index is 0.171. The summed E-state index contributed by atoms with van der Waals surface area (Å²) < 4.78 is 19.2. The van der Waals surface area contributed by atoms with E-state index in [0.29, 0.717) is 11.3 Å². The van der Waals surface area contributed by atoms with E-state index in [1.54, 1.807) is 31.4 Å². The van der Waals surface area contributed by atoms with Gasteiger partial charge in [0.1, 0.15) is 5.75 Å². The third-order valence-corrected chi connectivity index (χ3v) is 3.37. The van der Waals surface area contributed by atoms with Gasteiger partial charge in [-0.1, -0.05) is 18.2 Å². The van der Waals surface area contributed by atoms with Crippen molar-refractivity contribution < 1.29 is 18.8 Å². The van der Waals surface area contributed by atoms with Crippen molar-refractivity contribution in [1.82, 2.24) is 5.32 Å². The van der Waals surface area contributed by atoms with Crippen LogP contribution in [0.15, 0.2) is 36.4 Å². The van der Waals surface area contributed by atoms with Gasteiger partial charge in [0, 0.05) is 12.6 Å². The van der Waals surface area contributed by atoms with Crippen LogP contribution in [0.4, 0.5) is 10.1 Å². The predicted octanol–water partition coefficient (Wildman–Crippen LogP) is 2.98. The smallest absolute Gasteiger partial charge is 0.305 e. The summed E-state index contributed by atoms with van der Waals surface area (Å²) in [5.74, 6) is -1.14. The van der Waals surface area contributed by atoms with E-state index in [0.717, 1.165) is 11.6 Å². The van der Waals surface area contributed by atoms with Gasteiger partial charge in [0.05, 0.1) is 17.6 Å². The average molecular weight is 318 g/mol. The van der Waals surface area contributed by atoms with E-state index >= 15 is 0 Å². The number of ether oxygens (including phenoxy) is 1. The fraction of sp³-hybridized carbons (Fsp3) is 0.188. The molecule has 1 amide bonds. The van der Waals surface area contributed by atoms with Gasteiger partial charge in [-0.2, -0.15) is 4.39 Å². The molecule has 6 nitrogen and oxygen atoms in total. The lowest BCUT2D eigenvalue weighted by Gasteiger charge is -2.09. The first-order valence-electron chi connectivity index (χ1n) is 6.78. The van der Waals surface area contributed by atoms with E-state index in [-0.39, 0.29) is 12.1 Å². The Hall–Kier alpha value is -2.96. The summed E-state index contributed by atoms with van der Waals surface area (Å²) in [5, 5.41) is 13.3. The minimum atomic E-state index is -1.12. The largest absolute Gasteiger partial charge is 0.497 e. The number of nitro benzene ring substituents is 1. The molecule has 0 fully saturated rings. The number of nitro groups is 1. The quantitative estimate of drug-likeness (QED) is 0.679. The van der Waals surface area contributed by atoms with Gasteiger partial charge in [0.15, 0.2) is 0 Å². The lowest BCUT2D eigenvalue weighted by molar-refractivity contribution is -0.387. The summed E-state index contributed by atoms with van der Waals surface area (Å²) in [4.78, 5) is 22.1. The molecule has 0 aromatic heterocycles. The van der Waals surface area contributed by atoms with Crippen LogP contribution in [-0.4, -0.2) is 17.9 Å². The fourth-order valence-corrected chi connectivity index (χ4v) is 2.10. The Balaban J connectivity index is 2.17. The number of amides is 1. The molecule has 0 spiro atoms. The van der Waals surface area contributed by atoms with Crippen molar-refractivity contribution in [3.05, 3.63) is 69.0 Å². The summed E-state index contributed by atoms with van der Waals surface area (Å²) in [7, 11) is 1.55. The molecule has 7 heteroatoms. The van der Waals surface area contributed by atoms with Crippen LogP contribution in [0, 0.1) is 22.9 Å². The molecule has 2 aromatic rings. The molecular weight excluding hydrogens is 303 g/mol. The molecule has 1 N–H and O–H groups in total. The monoisotopic (exact) mass is 318 g/mol. The highest BCUT2D eigenvalue weighted by Gasteiger charge is 2.23. The zero-order valence-corrected chi connectivity index (χ0v) is 12.6. The van der Waals surface area contributed by atoms with Crippen LogP contribution in [0.2, 0.25) is 0 Å². The van der Waals surface area contributed by atoms with Gasteiger partial charge in [-0.3, -0.25) is 14.9 Å². The standard InChI is InChI=1S/C16H15FN2O4/c1-10-3-8-13(19(21)22)15(17)14(10)16(20)18-9-11-4-6-12(23-2)7-5-11/h3-8H,9H2,1-2H3,(H,18,20). The van der Waals surface area contributed by atoms with Gasteiger partial charge in [-0.15, -0.1) is 0 Å². The highest BCUT2D eigenvalue weighted by Crippen LogP contribution is 2.23. The number of rotatable bonds is 5. The number of carbonyl (C=O) groups is 1. The number of aryl methyl sites for hydroxylation is 1. The van der Waals surface area contributed by atoms with Crippen molar-refractivity contribution in [3.63, 3.8) is 0 Å². The molecule has 0 atom stereocenters. The summed E-state index contributed by atoms with van der Waals surface area (Å²) in [6.45, 7) is 1.69. The van der Waals surface area contributed by atoms with E-state index in [2.05, 4.69) is 5.32 Å². The van der Waals surface area contributed by atoms with Crippen LogP contribution in [0.3, 0.4) is 0 Å². The van der Waals surface area contributed by atoms with Crippen molar-refractivity contribution in [2.75, 3.05) is 7.11 Å². The van der Waals surface area contributed by atoms with E-state index in [9.17, 15) is 19.3 Å². The topological polar surface area (TPSA) is 81.5 Å². The van der Waals surface area contributed by atoms with Crippen LogP contribution < -0.4 is 10.1 Å². The van der Waals surface area contributed by atoms with Crippen molar-refractivity contribution in [1.29, 1.82) is 0 Å². The van der Waals surface area contributed by atoms with Crippen molar-refractivity contribution >= 4 is 11.6 Å². The first-order valence-corrected chi connectivity index (χ1v) is 6.78. The highest BCUT2D eigenvalue weighted by molar-refractivity contribution is 5.96. The van der Waals surface area contributed by atoms with E-state index < -0.39 is 22.3 Å². The predicted molar refractivity (Wildman–Crippen MR) is 82.0 cm³/mol. The summed E-state index contributed by atoms with van der Waals surface area (Å²) >= 11 is 0. The zero-order valence-electron chi connectivity index (χ0n) is 12.6. The molecule has 0 bridgehead atoms. The van der Waals surface area contributed by atoms with Crippen LogP contribution in [0.5, 0.6) is 5.75 Å². The second-order valence-corrected chi connectivity index (χ2v) is 4.88. The lowest BCUT2D eigenvalue weighted by Crippen LogP contribution is -2.25. The van der Waals surface area contributed by atoms with E-state index in [1.165, 1.54) is 13.0 Å². The molecule has 2 aromatic carbocycles. The van der Waals surface area contributed by atoms with Crippen molar-refractivity contribution in [2.24, 2.45) is 0 Å². The Morgan fingerprint density at radius 3 is 2.48 bits per heavy atom. The molecule has 0 aliphatic rings. The number of hydrogen-bond acceptors (Lipinski definition) is 4. The van der Waals surface area contributed by atoms with Gasteiger partial charge < -0.3 is 10.1 Å². The molecule has 0 radical (unpaired) electrons. The zero-order chi connectivity index (χ0) is 17.0. The first-order chi connectivity index (χ1) is 10.9. The maximum atomic E-state index is 14.1. The number of nitrogens with one attached hydrogen (secondary N) is 1. The van der Waals surface area contributed by atoms with Gasteiger partial charge in [-0.25, -0.2) is 0 Å². The molecule has 2 rings (SSSR count). The average Bonchev–Trinajstić information content (AvgIpc) is 2.53. The lowest BCUT2D eigenvalue weighted by atomic mass is 10.1. The Kier molecular flexibility index (Phi) is 4.90. The number of benzene rings is 2. The number of halogens is 1. The maximum absolute atomic E-state index is 14.1. The second-order valence-electron chi connectivity index (χ2n) is 4.88. The third kappa shape index (κ3) is 3.63. The van der Waals surface area contributed by atoms with Gasteiger partial charge >= 0.3 is 5.69 Å². The van der Waals surface area contributed by atoms with Crippen LogP contribution in [-0.2, 0) is 6.54 Å². The minimum Gasteiger partial charge on any atom is -0.497 e. The molecule has 120 valence electrons. The summed E-state index contributed by atoms with van der Waals surface area (Å²) in [5.41, 5.74) is 0.0980. The third-order valence-electron chi connectivity index (χ3n) is 3.37. The van der Waals surface area contributed by atoms with E-state index in [1.807, 2.05) is 0 Å². The Bertz CT molecular complexity index is 744. The fourth-order valence-electron chi connectivity index (χ4n) is 2.10. The maximum Gasteiger partial charge on any atom is 0.305 e. The van der Waals surface area contributed by atoms with Crippen LogP contribution in [0.25, 0.3) is 0 Å². The molecule has 0 saturated heterocycles. The van der Waals surface area contributed by atoms with Crippen LogP contribution >= 0.6 is 0 Å². The molecular formula is C16H15FN2O4.